The molecule has 2 aliphatic rings. The number of hydrogen-bond acceptors (Lipinski definition) is 3. The number of hydrogen-bond donors (Lipinski definition) is 2. The van der Waals surface area contributed by atoms with E-state index in [9.17, 15) is 9.90 Å². The summed E-state index contributed by atoms with van der Waals surface area (Å²) in [6, 6.07) is 0.464. The Morgan fingerprint density at radius 2 is 2.12 bits per heavy atom. The van der Waals surface area contributed by atoms with Crippen LogP contribution in [-0.4, -0.2) is 48.2 Å². The molecule has 2 rings (SSSR count). The smallest absolute Gasteiger partial charge is 0.324 e. The van der Waals surface area contributed by atoms with E-state index in [4.69, 9.17) is 0 Å². The van der Waals surface area contributed by atoms with Gasteiger partial charge in [-0.3, -0.25) is 10.1 Å². The Labute approximate surface area is 103 Å². The van der Waals surface area contributed by atoms with Crippen LogP contribution in [0.3, 0.4) is 0 Å². The molecule has 0 aliphatic heterocycles. The van der Waals surface area contributed by atoms with Gasteiger partial charge in [-0.1, -0.05) is 6.42 Å². The quantitative estimate of drug-likeness (QED) is 0.735. The molecule has 0 aromatic rings. The average molecular weight is 240 g/mol. The minimum atomic E-state index is -0.634. The van der Waals surface area contributed by atoms with Gasteiger partial charge in [0.15, 0.2) is 0 Å². The molecule has 2 fully saturated rings. The van der Waals surface area contributed by atoms with Crippen LogP contribution in [0.1, 0.15) is 38.5 Å². The third kappa shape index (κ3) is 2.80. The Morgan fingerprint density at radius 1 is 1.41 bits per heavy atom. The van der Waals surface area contributed by atoms with Gasteiger partial charge < -0.3 is 10.0 Å². The van der Waals surface area contributed by atoms with Crippen LogP contribution in [0.4, 0.5) is 0 Å². The largest absolute Gasteiger partial charge is 0.480 e. The van der Waals surface area contributed by atoms with E-state index in [2.05, 4.69) is 10.2 Å². The van der Waals surface area contributed by atoms with Gasteiger partial charge >= 0.3 is 5.97 Å². The zero-order valence-corrected chi connectivity index (χ0v) is 10.9. The molecule has 2 unspecified atom stereocenters. The van der Waals surface area contributed by atoms with Gasteiger partial charge in [0.2, 0.25) is 0 Å². The van der Waals surface area contributed by atoms with Crippen LogP contribution in [0, 0.1) is 5.92 Å². The lowest BCUT2D eigenvalue weighted by Crippen LogP contribution is -2.56. The monoisotopic (exact) mass is 240 g/mol. The van der Waals surface area contributed by atoms with E-state index in [1.165, 1.54) is 0 Å². The molecule has 2 aliphatic carbocycles. The highest BCUT2D eigenvalue weighted by Crippen LogP contribution is 2.40. The summed E-state index contributed by atoms with van der Waals surface area (Å²) in [5.74, 6) is -0.339. The van der Waals surface area contributed by atoms with Crippen LogP contribution >= 0.6 is 0 Å². The number of aliphatic carboxylic acids is 1. The van der Waals surface area contributed by atoms with Gasteiger partial charge in [-0.15, -0.1) is 0 Å². The molecular formula is C13H24N2O2. The van der Waals surface area contributed by atoms with Crippen LogP contribution < -0.4 is 5.32 Å². The minimum Gasteiger partial charge on any atom is -0.480 e. The Hall–Kier alpha value is -0.610. The molecule has 4 nitrogen and oxygen atoms in total. The van der Waals surface area contributed by atoms with Crippen molar-refractivity contribution in [3.63, 3.8) is 0 Å². The summed E-state index contributed by atoms with van der Waals surface area (Å²) in [5.41, 5.74) is -0.628. The molecule has 0 radical (unpaired) electrons. The summed E-state index contributed by atoms with van der Waals surface area (Å²) < 4.78 is 0. The first-order valence-electron chi connectivity index (χ1n) is 6.70. The highest BCUT2D eigenvalue weighted by molar-refractivity contribution is 5.80. The van der Waals surface area contributed by atoms with Gasteiger partial charge in [0.25, 0.3) is 0 Å². The van der Waals surface area contributed by atoms with Gasteiger partial charge in [-0.2, -0.15) is 0 Å². The molecule has 98 valence electrons. The van der Waals surface area contributed by atoms with Crippen molar-refractivity contribution < 1.29 is 9.90 Å². The molecule has 2 atom stereocenters. The lowest BCUT2D eigenvalue weighted by molar-refractivity contribution is -0.147. The molecule has 0 aromatic heterocycles. The van der Waals surface area contributed by atoms with Crippen LogP contribution in [0.25, 0.3) is 0 Å². The molecule has 2 saturated carbocycles. The maximum atomic E-state index is 11.7. The van der Waals surface area contributed by atoms with E-state index in [1.807, 2.05) is 14.1 Å². The summed E-state index contributed by atoms with van der Waals surface area (Å²) in [6.45, 7) is 0.978. The standard InChI is InChI=1S/C13H24N2O2/c1-15(2)9-7-10-4-3-8-13(10,12(16)17)14-11-5-6-11/h10-11,14H,3-9H2,1-2H3,(H,16,17). The van der Waals surface area contributed by atoms with Crippen molar-refractivity contribution >= 4 is 5.97 Å². The van der Waals surface area contributed by atoms with E-state index in [0.717, 1.165) is 45.1 Å². The maximum Gasteiger partial charge on any atom is 0.324 e. The first-order chi connectivity index (χ1) is 8.04. The summed E-state index contributed by atoms with van der Waals surface area (Å²) in [6.07, 6.45) is 6.19. The Balaban J connectivity index is 2.03. The van der Waals surface area contributed by atoms with Crippen molar-refractivity contribution in [2.75, 3.05) is 20.6 Å². The number of nitrogens with one attached hydrogen (secondary N) is 1. The first kappa shape index (κ1) is 12.8. The minimum absolute atomic E-state index is 0.294. The lowest BCUT2D eigenvalue weighted by Gasteiger charge is -2.33. The first-order valence-corrected chi connectivity index (χ1v) is 6.70. The van der Waals surface area contributed by atoms with Gasteiger partial charge in [0.05, 0.1) is 0 Å². The maximum absolute atomic E-state index is 11.7. The second kappa shape index (κ2) is 4.94. The number of rotatable bonds is 6. The summed E-state index contributed by atoms with van der Waals surface area (Å²) in [5, 5.41) is 13.0. The van der Waals surface area contributed by atoms with Crippen molar-refractivity contribution in [2.45, 2.75) is 50.1 Å². The Morgan fingerprint density at radius 3 is 2.65 bits per heavy atom. The van der Waals surface area contributed by atoms with Gasteiger partial charge in [0.1, 0.15) is 5.54 Å². The molecule has 0 heterocycles. The van der Waals surface area contributed by atoms with Crippen molar-refractivity contribution in [3.8, 4) is 0 Å². The van der Waals surface area contributed by atoms with E-state index in [-0.39, 0.29) is 0 Å². The van der Waals surface area contributed by atoms with Crippen LogP contribution in [0.5, 0.6) is 0 Å². The summed E-state index contributed by atoms with van der Waals surface area (Å²) in [7, 11) is 4.09. The summed E-state index contributed by atoms with van der Waals surface area (Å²) >= 11 is 0. The fourth-order valence-corrected chi connectivity index (χ4v) is 3.01. The number of carboxylic acids is 1. The van der Waals surface area contributed by atoms with Crippen molar-refractivity contribution in [2.24, 2.45) is 5.92 Å². The van der Waals surface area contributed by atoms with Crippen molar-refractivity contribution in [1.82, 2.24) is 10.2 Å². The Bertz CT molecular complexity index is 289. The van der Waals surface area contributed by atoms with Crippen LogP contribution in [0.2, 0.25) is 0 Å². The fourth-order valence-electron chi connectivity index (χ4n) is 3.01. The molecule has 17 heavy (non-hydrogen) atoms. The SMILES string of the molecule is CN(C)CCC1CCCC1(NC1CC1)C(=O)O. The zero-order chi connectivity index (χ0) is 12.5. The third-order valence-corrected chi connectivity index (χ3v) is 4.17. The normalized spacial score (nSPS) is 33.2. The molecule has 0 spiro atoms. The van der Waals surface area contributed by atoms with Gasteiger partial charge in [0, 0.05) is 6.04 Å². The van der Waals surface area contributed by atoms with Gasteiger partial charge in [-0.05, 0) is 58.7 Å². The predicted molar refractivity (Wildman–Crippen MR) is 67.0 cm³/mol. The molecule has 0 amide bonds. The third-order valence-electron chi connectivity index (χ3n) is 4.17. The van der Waals surface area contributed by atoms with E-state index >= 15 is 0 Å². The van der Waals surface area contributed by atoms with Gasteiger partial charge in [-0.25, -0.2) is 0 Å². The lowest BCUT2D eigenvalue weighted by atomic mass is 9.84. The molecule has 0 aromatic carbocycles. The molecular weight excluding hydrogens is 216 g/mol. The second-order valence-corrected chi connectivity index (χ2v) is 5.88. The fraction of sp³-hybridized carbons (Fsp3) is 0.923. The second-order valence-electron chi connectivity index (χ2n) is 5.88. The van der Waals surface area contributed by atoms with Crippen LogP contribution in [-0.2, 0) is 4.79 Å². The van der Waals surface area contributed by atoms with Crippen molar-refractivity contribution in [3.05, 3.63) is 0 Å². The van der Waals surface area contributed by atoms with E-state index in [1.54, 1.807) is 0 Å². The number of carboxylic acid groups (broad SMARTS) is 1. The van der Waals surface area contributed by atoms with Crippen molar-refractivity contribution in [1.29, 1.82) is 0 Å². The molecule has 2 N–H and O–H groups in total. The average Bonchev–Trinajstić information content (AvgIpc) is 2.94. The molecule has 4 heteroatoms. The molecule has 0 saturated heterocycles. The van der Waals surface area contributed by atoms with E-state index < -0.39 is 11.5 Å². The topological polar surface area (TPSA) is 52.6 Å². The Kier molecular flexibility index (Phi) is 3.73. The number of carbonyl (C=O) groups is 1. The highest BCUT2D eigenvalue weighted by atomic mass is 16.4. The molecule has 0 bridgehead atoms. The predicted octanol–water partition coefficient (Wildman–Crippen LogP) is 1.31. The highest BCUT2D eigenvalue weighted by Gasteiger charge is 2.50. The zero-order valence-electron chi connectivity index (χ0n) is 10.9. The van der Waals surface area contributed by atoms with E-state index in [0.29, 0.717) is 12.0 Å². The summed E-state index contributed by atoms with van der Waals surface area (Å²) in [4.78, 5) is 13.8. The number of nitrogens with zero attached hydrogens (tertiary/aromatic N) is 1. The van der Waals surface area contributed by atoms with Crippen LogP contribution in [0.15, 0.2) is 0 Å².